The quantitative estimate of drug-likeness (QED) is 0.557. The van der Waals surface area contributed by atoms with Gasteiger partial charge in [-0.2, -0.15) is 0 Å². The molecule has 0 bridgehead atoms. The highest BCUT2D eigenvalue weighted by Gasteiger charge is 2.10. The molecule has 0 aliphatic carbocycles. The summed E-state index contributed by atoms with van der Waals surface area (Å²) in [5, 5.41) is 0. The maximum atomic E-state index is 11.5. The Balaban J connectivity index is 1.59. The molecule has 0 fully saturated rings. The average molecular weight is 389 g/mol. The summed E-state index contributed by atoms with van der Waals surface area (Å²) < 4.78 is 5.82. The number of ether oxygens (including phenoxy) is 1. The first kappa shape index (κ1) is 20.6. The van der Waals surface area contributed by atoms with Crippen LogP contribution in [0.1, 0.15) is 34.8 Å². The Morgan fingerprint density at radius 2 is 1.76 bits per heavy atom. The molecule has 2 aromatic carbocycles. The van der Waals surface area contributed by atoms with Crippen molar-refractivity contribution in [2.24, 2.45) is 5.73 Å². The van der Waals surface area contributed by atoms with Gasteiger partial charge >= 0.3 is 0 Å². The number of aromatic nitrogens is 1. The molecule has 0 saturated heterocycles. The van der Waals surface area contributed by atoms with E-state index in [1.165, 1.54) is 17.3 Å². The van der Waals surface area contributed by atoms with Gasteiger partial charge in [-0.15, -0.1) is 0 Å². The number of hydrogen-bond donors (Lipinski definition) is 1. The normalized spacial score (nSPS) is 10.8. The molecular formula is C24H27N3O2. The van der Waals surface area contributed by atoms with E-state index in [4.69, 9.17) is 10.5 Å². The highest BCUT2D eigenvalue weighted by atomic mass is 16.5. The van der Waals surface area contributed by atoms with Gasteiger partial charge in [0.25, 0.3) is 5.91 Å². The Labute approximate surface area is 172 Å². The Kier molecular flexibility index (Phi) is 7.36. The predicted octanol–water partition coefficient (Wildman–Crippen LogP) is 4.43. The van der Waals surface area contributed by atoms with Crippen LogP contribution in [0.2, 0.25) is 0 Å². The summed E-state index contributed by atoms with van der Waals surface area (Å²) in [7, 11) is 0. The van der Waals surface area contributed by atoms with Crippen molar-refractivity contribution in [2.45, 2.75) is 26.3 Å². The van der Waals surface area contributed by atoms with E-state index in [2.05, 4.69) is 59.3 Å². The Morgan fingerprint density at radius 1 is 1.00 bits per heavy atom. The van der Waals surface area contributed by atoms with Gasteiger partial charge in [0.15, 0.2) is 0 Å². The average Bonchev–Trinajstić information content (AvgIpc) is 2.74. The second-order valence-electron chi connectivity index (χ2n) is 6.99. The van der Waals surface area contributed by atoms with Crippen LogP contribution in [0.25, 0.3) is 0 Å². The zero-order valence-electron chi connectivity index (χ0n) is 16.8. The fourth-order valence-electron chi connectivity index (χ4n) is 3.22. The standard InChI is InChI=1S/C24H27N3O2/c1-2-15-27(18-20-6-4-3-5-7-20)16-13-19-8-10-21(11-9-19)29-23-12-14-26-17-22(23)24(25)28/h3-12,14,17H,2,13,15-16,18H2,1H3,(H2,25,28). The number of carbonyl (C=O) groups excluding carboxylic acids is 1. The highest BCUT2D eigenvalue weighted by Crippen LogP contribution is 2.24. The molecule has 5 heteroatoms. The minimum absolute atomic E-state index is 0.271. The van der Waals surface area contributed by atoms with Crippen LogP contribution in [-0.4, -0.2) is 28.9 Å². The van der Waals surface area contributed by atoms with E-state index in [0.29, 0.717) is 11.5 Å². The van der Waals surface area contributed by atoms with Crippen molar-refractivity contribution < 1.29 is 9.53 Å². The molecule has 3 aromatic rings. The van der Waals surface area contributed by atoms with Gasteiger partial charge in [0.05, 0.1) is 0 Å². The summed E-state index contributed by atoms with van der Waals surface area (Å²) in [6.45, 7) is 5.25. The van der Waals surface area contributed by atoms with Gasteiger partial charge in [-0.05, 0) is 48.7 Å². The molecule has 0 saturated carbocycles. The molecular weight excluding hydrogens is 362 g/mol. The first-order valence-electron chi connectivity index (χ1n) is 9.92. The van der Waals surface area contributed by atoms with Crippen LogP contribution < -0.4 is 10.5 Å². The molecule has 150 valence electrons. The summed E-state index contributed by atoms with van der Waals surface area (Å²) in [6.07, 6.45) is 5.09. The van der Waals surface area contributed by atoms with Gasteiger partial charge in [0.2, 0.25) is 0 Å². The van der Waals surface area contributed by atoms with E-state index >= 15 is 0 Å². The minimum Gasteiger partial charge on any atom is -0.456 e. The Hall–Kier alpha value is -3.18. The maximum Gasteiger partial charge on any atom is 0.254 e. The molecule has 0 unspecified atom stereocenters. The molecule has 1 heterocycles. The fraction of sp³-hybridized carbons (Fsp3) is 0.250. The molecule has 1 aromatic heterocycles. The molecule has 1 amide bonds. The molecule has 0 atom stereocenters. The highest BCUT2D eigenvalue weighted by molar-refractivity contribution is 5.95. The first-order valence-corrected chi connectivity index (χ1v) is 9.92. The van der Waals surface area contributed by atoms with Crippen LogP contribution in [0.5, 0.6) is 11.5 Å². The molecule has 0 radical (unpaired) electrons. The smallest absolute Gasteiger partial charge is 0.254 e. The van der Waals surface area contributed by atoms with Gasteiger partial charge in [-0.3, -0.25) is 14.7 Å². The maximum absolute atomic E-state index is 11.5. The van der Waals surface area contributed by atoms with E-state index in [9.17, 15) is 4.79 Å². The predicted molar refractivity (Wildman–Crippen MR) is 115 cm³/mol. The Morgan fingerprint density at radius 3 is 2.45 bits per heavy atom. The van der Waals surface area contributed by atoms with Crippen molar-refractivity contribution in [1.29, 1.82) is 0 Å². The summed E-state index contributed by atoms with van der Waals surface area (Å²) >= 11 is 0. The lowest BCUT2D eigenvalue weighted by atomic mass is 10.1. The number of hydrogen-bond acceptors (Lipinski definition) is 4. The van der Waals surface area contributed by atoms with Crippen molar-refractivity contribution in [3.63, 3.8) is 0 Å². The SMILES string of the molecule is CCCN(CCc1ccc(Oc2ccncc2C(N)=O)cc1)Cc1ccccc1. The third-order valence-electron chi connectivity index (χ3n) is 4.70. The van der Waals surface area contributed by atoms with Gasteiger partial charge in [-0.25, -0.2) is 0 Å². The molecule has 3 rings (SSSR count). The molecule has 0 aliphatic heterocycles. The number of amides is 1. The number of rotatable bonds is 10. The van der Waals surface area contributed by atoms with Gasteiger partial charge in [0, 0.05) is 25.5 Å². The number of nitrogens with two attached hydrogens (primary N) is 1. The van der Waals surface area contributed by atoms with Crippen LogP contribution in [0.4, 0.5) is 0 Å². The minimum atomic E-state index is -0.556. The van der Waals surface area contributed by atoms with E-state index in [1.54, 1.807) is 12.3 Å². The number of primary amides is 1. The summed E-state index contributed by atoms with van der Waals surface area (Å²) in [5.41, 5.74) is 8.23. The monoisotopic (exact) mass is 389 g/mol. The number of pyridine rings is 1. The molecule has 5 nitrogen and oxygen atoms in total. The third-order valence-corrected chi connectivity index (χ3v) is 4.70. The summed E-state index contributed by atoms with van der Waals surface area (Å²) in [6, 6.07) is 20.2. The van der Waals surface area contributed by atoms with Gasteiger partial charge in [-0.1, -0.05) is 49.4 Å². The van der Waals surface area contributed by atoms with Crippen LogP contribution in [0, 0.1) is 0 Å². The lowest BCUT2D eigenvalue weighted by molar-refractivity contribution is 0.0997. The lowest BCUT2D eigenvalue weighted by Gasteiger charge is -2.22. The second-order valence-corrected chi connectivity index (χ2v) is 6.99. The first-order chi connectivity index (χ1) is 14.2. The fourth-order valence-corrected chi connectivity index (χ4v) is 3.22. The zero-order chi connectivity index (χ0) is 20.5. The third kappa shape index (κ3) is 6.16. The zero-order valence-corrected chi connectivity index (χ0v) is 16.8. The van der Waals surface area contributed by atoms with E-state index in [-0.39, 0.29) is 5.56 Å². The van der Waals surface area contributed by atoms with Crippen molar-refractivity contribution in [2.75, 3.05) is 13.1 Å². The number of nitrogens with zero attached hydrogens (tertiary/aromatic N) is 2. The second kappa shape index (κ2) is 10.4. The topological polar surface area (TPSA) is 68.4 Å². The van der Waals surface area contributed by atoms with Crippen molar-refractivity contribution in [3.05, 3.63) is 89.7 Å². The van der Waals surface area contributed by atoms with Crippen LogP contribution in [0.3, 0.4) is 0 Å². The molecule has 0 aliphatic rings. The lowest BCUT2D eigenvalue weighted by Crippen LogP contribution is -2.26. The van der Waals surface area contributed by atoms with Crippen LogP contribution >= 0.6 is 0 Å². The summed E-state index contributed by atoms with van der Waals surface area (Å²) in [4.78, 5) is 17.9. The Bertz CT molecular complexity index is 911. The number of benzene rings is 2. The van der Waals surface area contributed by atoms with E-state index in [0.717, 1.165) is 32.5 Å². The molecule has 0 spiro atoms. The van der Waals surface area contributed by atoms with Gasteiger partial charge < -0.3 is 10.5 Å². The van der Waals surface area contributed by atoms with E-state index in [1.807, 2.05) is 12.1 Å². The van der Waals surface area contributed by atoms with E-state index < -0.39 is 5.91 Å². The van der Waals surface area contributed by atoms with Crippen LogP contribution in [0.15, 0.2) is 73.1 Å². The van der Waals surface area contributed by atoms with Crippen molar-refractivity contribution in [3.8, 4) is 11.5 Å². The number of carbonyl (C=O) groups is 1. The summed E-state index contributed by atoms with van der Waals surface area (Å²) in [5.74, 6) is 0.522. The van der Waals surface area contributed by atoms with Gasteiger partial charge in [0.1, 0.15) is 17.1 Å². The molecule has 29 heavy (non-hydrogen) atoms. The van der Waals surface area contributed by atoms with Crippen molar-refractivity contribution >= 4 is 5.91 Å². The molecule has 2 N–H and O–H groups in total. The largest absolute Gasteiger partial charge is 0.456 e. The van der Waals surface area contributed by atoms with Crippen LogP contribution in [-0.2, 0) is 13.0 Å². The van der Waals surface area contributed by atoms with Crippen molar-refractivity contribution in [1.82, 2.24) is 9.88 Å².